The molecule has 0 saturated heterocycles. The molecule has 0 amide bonds. The van der Waals surface area contributed by atoms with Gasteiger partial charge < -0.3 is 5.32 Å². The first kappa shape index (κ1) is 16.8. The van der Waals surface area contributed by atoms with E-state index in [0.29, 0.717) is 6.04 Å². The van der Waals surface area contributed by atoms with Crippen molar-refractivity contribution in [3.63, 3.8) is 0 Å². The molecular weight excluding hydrogens is 322 g/mol. The van der Waals surface area contributed by atoms with Gasteiger partial charge in [0.1, 0.15) is 0 Å². The highest BCUT2D eigenvalue weighted by Gasteiger charge is 2.14. The Balaban J connectivity index is 1.49. The zero-order valence-electron chi connectivity index (χ0n) is 15.2. The molecule has 134 valence electrons. The minimum absolute atomic E-state index is 0.606. The van der Waals surface area contributed by atoms with E-state index in [-0.39, 0.29) is 0 Å². The van der Waals surface area contributed by atoms with E-state index in [1.165, 1.54) is 25.7 Å². The van der Waals surface area contributed by atoms with Gasteiger partial charge in [-0.1, -0.05) is 26.2 Å². The van der Waals surface area contributed by atoms with Crippen molar-refractivity contribution in [3.05, 3.63) is 54.7 Å². The van der Waals surface area contributed by atoms with Crippen molar-refractivity contribution in [2.45, 2.75) is 51.5 Å². The summed E-state index contributed by atoms with van der Waals surface area (Å²) < 4.78 is 1.89. The lowest BCUT2D eigenvalue weighted by molar-refractivity contribution is 0.755. The van der Waals surface area contributed by atoms with Crippen LogP contribution >= 0.6 is 0 Å². The predicted octanol–water partition coefficient (Wildman–Crippen LogP) is 4.64. The average molecular weight is 347 g/mol. The summed E-state index contributed by atoms with van der Waals surface area (Å²) in [5.41, 5.74) is 5.20. The molecule has 0 unspecified atom stereocenters. The fourth-order valence-corrected chi connectivity index (χ4v) is 3.55. The van der Waals surface area contributed by atoms with E-state index in [1.807, 2.05) is 35.5 Å². The van der Waals surface area contributed by atoms with Crippen molar-refractivity contribution in [3.8, 4) is 16.9 Å². The summed E-state index contributed by atoms with van der Waals surface area (Å²) >= 11 is 0. The summed E-state index contributed by atoms with van der Waals surface area (Å²) in [7, 11) is 0. The highest BCUT2D eigenvalue weighted by molar-refractivity contribution is 5.60. The standard InChI is InChI=1S/C21H25N5/c1-2-5-18-12-20(10-11-22-18)26-15-16(13-24-26)21-9-8-19(14-23-21)25-17-6-3-4-7-17/h8-15,17,25H,2-7H2,1H3. The number of nitrogens with zero attached hydrogens (tertiary/aromatic N) is 4. The molecule has 1 aliphatic rings. The van der Waals surface area contributed by atoms with Crippen LogP contribution in [0.3, 0.4) is 0 Å². The van der Waals surface area contributed by atoms with E-state index in [1.54, 1.807) is 0 Å². The van der Waals surface area contributed by atoms with Gasteiger partial charge in [0.05, 0.1) is 29.5 Å². The number of rotatable bonds is 6. The third-order valence-electron chi connectivity index (χ3n) is 4.94. The fraction of sp³-hybridized carbons (Fsp3) is 0.381. The van der Waals surface area contributed by atoms with E-state index in [4.69, 9.17) is 0 Å². The van der Waals surface area contributed by atoms with Gasteiger partial charge in [0, 0.05) is 29.7 Å². The van der Waals surface area contributed by atoms with Gasteiger partial charge >= 0.3 is 0 Å². The Labute approximate surface area is 154 Å². The minimum Gasteiger partial charge on any atom is -0.381 e. The first-order valence-electron chi connectivity index (χ1n) is 9.55. The Bertz CT molecular complexity index is 847. The molecule has 1 N–H and O–H groups in total. The smallest absolute Gasteiger partial charge is 0.0735 e. The second-order valence-electron chi connectivity index (χ2n) is 6.99. The number of anilines is 1. The van der Waals surface area contributed by atoms with Crippen molar-refractivity contribution < 1.29 is 0 Å². The maximum absolute atomic E-state index is 4.62. The van der Waals surface area contributed by atoms with Crippen molar-refractivity contribution in [1.29, 1.82) is 0 Å². The summed E-state index contributed by atoms with van der Waals surface area (Å²) in [6, 6.07) is 8.87. The Morgan fingerprint density at radius 2 is 2.00 bits per heavy atom. The fourth-order valence-electron chi connectivity index (χ4n) is 3.55. The largest absolute Gasteiger partial charge is 0.381 e. The molecule has 1 saturated carbocycles. The van der Waals surface area contributed by atoms with Crippen LogP contribution in [0.15, 0.2) is 49.1 Å². The summed E-state index contributed by atoms with van der Waals surface area (Å²) in [6.07, 6.45) is 14.9. The van der Waals surface area contributed by atoms with Gasteiger partial charge in [-0.2, -0.15) is 5.10 Å². The Morgan fingerprint density at radius 3 is 2.77 bits per heavy atom. The van der Waals surface area contributed by atoms with Crippen molar-refractivity contribution in [2.24, 2.45) is 0 Å². The number of hydrogen-bond acceptors (Lipinski definition) is 4. The number of pyridine rings is 2. The van der Waals surface area contributed by atoms with Gasteiger partial charge in [-0.05, 0) is 43.5 Å². The quantitative estimate of drug-likeness (QED) is 0.706. The van der Waals surface area contributed by atoms with Crippen LogP contribution in [-0.2, 0) is 6.42 Å². The van der Waals surface area contributed by atoms with Crippen LogP contribution < -0.4 is 5.32 Å². The molecule has 1 aliphatic carbocycles. The van der Waals surface area contributed by atoms with E-state index >= 15 is 0 Å². The van der Waals surface area contributed by atoms with Crippen LogP contribution in [0.4, 0.5) is 5.69 Å². The molecule has 3 heterocycles. The molecule has 0 radical (unpaired) electrons. The molecule has 0 aromatic carbocycles. The van der Waals surface area contributed by atoms with Crippen molar-refractivity contribution in [1.82, 2.24) is 19.7 Å². The summed E-state index contributed by atoms with van der Waals surface area (Å²) in [5, 5.41) is 8.08. The monoisotopic (exact) mass is 347 g/mol. The molecule has 4 rings (SSSR count). The second-order valence-corrected chi connectivity index (χ2v) is 6.99. The number of nitrogens with one attached hydrogen (secondary N) is 1. The average Bonchev–Trinajstić information content (AvgIpc) is 3.35. The van der Waals surface area contributed by atoms with Crippen molar-refractivity contribution in [2.75, 3.05) is 5.32 Å². The molecule has 1 fully saturated rings. The van der Waals surface area contributed by atoms with Gasteiger partial charge in [-0.15, -0.1) is 0 Å². The zero-order valence-corrected chi connectivity index (χ0v) is 15.2. The molecule has 0 bridgehead atoms. The second kappa shape index (κ2) is 7.68. The Kier molecular flexibility index (Phi) is 4.95. The van der Waals surface area contributed by atoms with Crippen LogP contribution in [-0.4, -0.2) is 25.8 Å². The summed E-state index contributed by atoms with van der Waals surface area (Å²) in [5.74, 6) is 0. The van der Waals surface area contributed by atoms with Gasteiger partial charge in [0.25, 0.3) is 0 Å². The van der Waals surface area contributed by atoms with Gasteiger partial charge in [0.2, 0.25) is 0 Å². The highest BCUT2D eigenvalue weighted by Crippen LogP contribution is 2.24. The van der Waals surface area contributed by atoms with Crippen LogP contribution in [0.1, 0.15) is 44.7 Å². The lowest BCUT2D eigenvalue weighted by atomic mass is 10.2. The first-order chi connectivity index (χ1) is 12.8. The first-order valence-corrected chi connectivity index (χ1v) is 9.55. The number of aromatic nitrogens is 4. The Hall–Kier alpha value is -2.69. The maximum atomic E-state index is 4.62. The SMILES string of the molecule is CCCc1cc(-n2cc(-c3ccc(NC4CCCC4)cn3)cn2)ccn1. The van der Waals surface area contributed by atoms with Crippen LogP contribution in [0, 0.1) is 0 Å². The van der Waals surface area contributed by atoms with Crippen LogP contribution in [0.5, 0.6) is 0 Å². The molecule has 0 spiro atoms. The topological polar surface area (TPSA) is 55.6 Å². The van der Waals surface area contributed by atoms with Crippen molar-refractivity contribution >= 4 is 5.69 Å². The zero-order chi connectivity index (χ0) is 17.8. The maximum Gasteiger partial charge on any atom is 0.0735 e. The molecular formula is C21H25N5. The van der Waals surface area contributed by atoms with E-state index in [2.05, 4.69) is 45.5 Å². The third-order valence-corrected chi connectivity index (χ3v) is 4.94. The highest BCUT2D eigenvalue weighted by atomic mass is 15.3. The van der Waals surface area contributed by atoms with E-state index < -0.39 is 0 Å². The van der Waals surface area contributed by atoms with Gasteiger partial charge in [0.15, 0.2) is 0 Å². The summed E-state index contributed by atoms with van der Waals surface area (Å²) in [4.78, 5) is 9.03. The Morgan fingerprint density at radius 1 is 1.12 bits per heavy atom. The molecule has 5 heteroatoms. The molecule has 3 aromatic heterocycles. The van der Waals surface area contributed by atoms with Crippen LogP contribution in [0.25, 0.3) is 16.9 Å². The van der Waals surface area contributed by atoms with E-state index in [0.717, 1.165) is 41.2 Å². The minimum atomic E-state index is 0.606. The van der Waals surface area contributed by atoms with Crippen LogP contribution in [0.2, 0.25) is 0 Å². The summed E-state index contributed by atoms with van der Waals surface area (Å²) in [6.45, 7) is 2.16. The van der Waals surface area contributed by atoms with Gasteiger partial charge in [-0.3, -0.25) is 9.97 Å². The molecule has 3 aromatic rings. The lowest BCUT2D eigenvalue weighted by Gasteiger charge is -2.13. The molecule has 0 aliphatic heterocycles. The molecule has 26 heavy (non-hydrogen) atoms. The normalized spacial score (nSPS) is 14.7. The number of aryl methyl sites for hydroxylation is 1. The lowest BCUT2D eigenvalue weighted by Crippen LogP contribution is -2.14. The predicted molar refractivity (Wildman–Crippen MR) is 104 cm³/mol. The van der Waals surface area contributed by atoms with E-state index in [9.17, 15) is 0 Å². The van der Waals surface area contributed by atoms with Gasteiger partial charge in [-0.25, -0.2) is 4.68 Å². The molecule has 0 atom stereocenters. The third kappa shape index (κ3) is 3.77. The number of hydrogen-bond donors (Lipinski definition) is 1. The molecule has 5 nitrogen and oxygen atoms in total.